The van der Waals surface area contributed by atoms with Gasteiger partial charge in [0.05, 0.1) is 17.4 Å². The zero-order chi connectivity index (χ0) is 14.8. The van der Waals surface area contributed by atoms with Crippen LogP contribution in [0, 0.1) is 0 Å². The van der Waals surface area contributed by atoms with Crippen molar-refractivity contribution in [3.63, 3.8) is 0 Å². The van der Waals surface area contributed by atoms with Crippen LogP contribution in [0.25, 0.3) is 0 Å². The van der Waals surface area contributed by atoms with E-state index in [9.17, 15) is 0 Å². The molecule has 0 spiro atoms. The van der Waals surface area contributed by atoms with Crippen LogP contribution in [0.5, 0.6) is 0 Å². The summed E-state index contributed by atoms with van der Waals surface area (Å²) in [6.45, 7) is 4.24. The number of halogens is 1. The van der Waals surface area contributed by atoms with Gasteiger partial charge in [-0.3, -0.25) is 0 Å². The summed E-state index contributed by atoms with van der Waals surface area (Å²) in [6, 6.07) is 2.64. The third-order valence-electron chi connectivity index (χ3n) is 4.02. The van der Waals surface area contributed by atoms with Crippen LogP contribution in [0.3, 0.4) is 0 Å². The van der Waals surface area contributed by atoms with Gasteiger partial charge in [-0.1, -0.05) is 13.8 Å². The Hall–Kier alpha value is -0.940. The molecule has 3 rings (SSSR count). The third kappa shape index (κ3) is 2.99. The van der Waals surface area contributed by atoms with Crippen LogP contribution in [-0.4, -0.2) is 9.97 Å². The van der Waals surface area contributed by atoms with Crippen molar-refractivity contribution in [2.45, 2.75) is 52.0 Å². The van der Waals surface area contributed by atoms with Crippen LogP contribution in [0.15, 0.2) is 16.0 Å². The van der Waals surface area contributed by atoms with Gasteiger partial charge in [-0.05, 0) is 65.0 Å². The second-order valence-corrected chi connectivity index (χ2v) is 7.10. The average molecular weight is 366 g/mol. The number of aryl methyl sites for hydroxylation is 3. The predicted octanol–water partition coefficient (Wildman–Crippen LogP) is 4.91. The van der Waals surface area contributed by atoms with E-state index in [0.29, 0.717) is 6.04 Å². The van der Waals surface area contributed by atoms with Crippen molar-refractivity contribution in [1.82, 2.24) is 9.97 Å². The topological polar surface area (TPSA) is 37.8 Å². The molecular formula is C16H20BrN3S. The normalized spacial score (nSPS) is 17.6. The first kappa shape index (κ1) is 15.0. The number of nitrogens with zero attached hydrogens (tertiary/aromatic N) is 2. The Morgan fingerprint density at radius 1 is 1.29 bits per heavy atom. The second kappa shape index (κ2) is 6.44. The van der Waals surface area contributed by atoms with E-state index in [1.807, 2.05) is 11.3 Å². The summed E-state index contributed by atoms with van der Waals surface area (Å²) in [5.41, 5.74) is 3.52. The molecule has 1 atom stereocenters. The van der Waals surface area contributed by atoms with Crippen molar-refractivity contribution >= 4 is 33.1 Å². The molecule has 0 amide bonds. The summed E-state index contributed by atoms with van der Waals surface area (Å²) in [5, 5.41) is 5.86. The largest absolute Gasteiger partial charge is 0.362 e. The van der Waals surface area contributed by atoms with Gasteiger partial charge in [0.2, 0.25) is 0 Å². The first-order valence-electron chi connectivity index (χ1n) is 7.61. The Morgan fingerprint density at radius 3 is 2.86 bits per heavy atom. The molecule has 2 aromatic rings. The monoisotopic (exact) mass is 365 g/mol. The molecule has 0 saturated carbocycles. The van der Waals surface area contributed by atoms with Crippen LogP contribution < -0.4 is 5.32 Å². The molecule has 112 valence electrons. The molecule has 0 aliphatic heterocycles. The van der Waals surface area contributed by atoms with E-state index in [1.54, 1.807) is 0 Å². The number of aromatic nitrogens is 2. The van der Waals surface area contributed by atoms with Gasteiger partial charge in [-0.15, -0.1) is 11.3 Å². The van der Waals surface area contributed by atoms with Gasteiger partial charge in [-0.25, -0.2) is 9.97 Å². The van der Waals surface area contributed by atoms with Gasteiger partial charge in [0.15, 0.2) is 0 Å². The molecular weight excluding hydrogens is 346 g/mol. The van der Waals surface area contributed by atoms with Gasteiger partial charge < -0.3 is 5.32 Å². The Bertz CT molecular complexity index is 638. The minimum atomic E-state index is 0.380. The SMILES string of the molecule is CCc1nc(NC2CCCc3sccc32)c(CC)nc1Br. The van der Waals surface area contributed by atoms with Crippen molar-refractivity contribution in [1.29, 1.82) is 0 Å². The number of rotatable bonds is 4. The van der Waals surface area contributed by atoms with Gasteiger partial charge in [-0.2, -0.15) is 0 Å². The molecule has 5 heteroatoms. The minimum absolute atomic E-state index is 0.380. The van der Waals surface area contributed by atoms with Crippen LogP contribution in [0.4, 0.5) is 5.82 Å². The predicted molar refractivity (Wildman–Crippen MR) is 92.1 cm³/mol. The zero-order valence-electron chi connectivity index (χ0n) is 12.4. The first-order valence-corrected chi connectivity index (χ1v) is 9.28. The standard InChI is InChI=1S/C16H20BrN3S/c1-3-11-15(17)18-12(4-2)16(19-11)20-13-6-5-7-14-10(13)8-9-21-14/h8-9,13H,3-7H2,1-2H3,(H,19,20). The summed E-state index contributed by atoms with van der Waals surface area (Å²) in [5.74, 6) is 0.960. The lowest BCUT2D eigenvalue weighted by Gasteiger charge is -2.25. The van der Waals surface area contributed by atoms with E-state index in [4.69, 9.17) is 4.98 Å². The van der Waals surface area contributed by atoms with Gasteiger partial charge in [0.25, 0.3) is 0 Å². The van der Waals surface area contributed by atoms with Crippen LogP contribution >= 0.6 is 27.3 Å². The minimum Gasteiger partial charge on any atom is -0.362 e. The summed E-state index contributed by atoms with van der Waals surface area (Å²) in [4.78, 5) is 11.0. The molecule has 1 aliphatic carbocycles. The number of thiophene rings is 1. The van der Waals surface area contributed by atoms with Crippen molar-refractivity contribution in [3.8, 4) is 0 Å². The Morgan fingerprint density at radius 2 is 2.10 bits per heavy atom. The maximum absolute atomic E-state index is 4.80. The maximum Gasteiger partial charge on any atom is 0.148 e. The Balaban J connectivity index is 1.92. The third-order valence-corrected chi connectivity index (χ3v) is 5.66. The van der Waals surface area contributed by atoms with E-state index < -0.39 is 0 Å². The highest BCUT2D eigenvalue weighted by atomic mass is 79.9. The second-order valence-electron chi connectivity index (χ2n) is 5.35. The van der Waals surface area contributed by atoms with Gasteiger partial charge in [0.1, 0.15) is 10.4 Å². The molecule has 3 nitrogen and oxygen atoms in total. The fourth-order valence-corrected chi connectivity index (χ4v) is 4.44. The highest BCUT2D eigenvalue weighted by Gasteiger charge is 2.22. The Kier molecular flexibility index (Phi) is 4.60. The number of hydrogen-bond acceptors (Lipinski definition) is 4. The lowest BCUT2D eigenvalue weighted by molar-refractivity contribution is 0.605. The van der Waals surface area contributed by atoms with E-state index in [2.05, 4.69) is 51.5 Å². The van der Waals surface area contributed by atoms with Crippen molar-refractivity contribution < 1.29 is 0 Å². The van der Waals surface area contributed by atoms with Crippen LogP contribution in [0.2, 0.25) is 0 Å². The van der Waals surface area contributed by atoms with Crippen molar-refractivity contribution in [3.05, 3.63) is 37.9 Å². The van der Waals surface area contributed by atoms with E-state index >= 15 is 0 Å². The molecule has 0 aromatic carbocycles. The number of hydrogen-bond donors (Lipinski definition) is 1. The summed E-state index contributed by atoms with van der Waals surface area (Å²) in [7, 11) is 0. The number of nitrogens with one attached hydrogen (secondary N) is 1. The molecule has 0 saturated heterocycles. The van der Waals surface area contributed by atoms with Crippen LogP contribution in [0.1, 0.15) is 54.6 Å². The molecule has 1 aliphatic rings. The van der Waals surface area contributed by atoms with Gasteiger partial charge in [0, 0.05) is 4.88 Å². The highest BCUT2D eigenvalue weighted by Crippen LogP contribution is 2.36. The highest BCUT2D eigenvalue weighted by molar-refractivity contribution is 9.10. The molecule has 2 heterocycles. The van der Waals surface area contributed by atoms with E-state index in [-0.39, 0.29) is 0 Å². The molecule has 0 radical (unpaired) electrons. The van der Waals surface area contributed by atoms with E-state index in [1.165, 1.54) is 29.7 Å². The van der Waals surface area contributed by atoms with E-state index in [0.717, 1.165) is 34.7 Å². The van der Waals surface area contributed by atoms with Gasteiger partial charge >= 0.3 is 0 Å². The molecule has 0 bridgehead atoms. The average Bonchev–Trinajstić information content (AvgIpc) is 2.98. The quantitative estimate of drug-likeness (QED) is 0.835. The lowest BCUT2D eigenvalue weighted by atomic mass is 9.94. The van der Waals surface area contributed by atoms with Crippen molar-refractivity contribution in [2.24, 2.45) is 0 Å². The lowest BCUT2D eigenvalue weighted by Crippen LogP contribution is -2.18. The number of anilines is 1. The number of fused-ring (bicyclic) bond motifs is 1. The zero-order valence-corrected chi connectivity index (χ0v) is 14.9. The summed E-state index contributed by atoms with van der Waals surface area (Å²) < 4.78 is 0.882. The fourth-order valence-electron chi connectivity index (χ4n) is 2.87. The molecule has 0 fully saturated rings. The Labute approximate surface area is 138 Å². The molecule has 1 N–H and O–H groups in total. The fraction of sp³-hybridized carbons (Fsp3) is 0.500. The maximum atomic E-state index is 4.80. The summed E-state index contributed by atoms with van der Waals surface area (Å²) in [6.07, 6.45) is 5.42. The molecule has 1 unspecified atom stereocenters. The molecule has 21 heavy (non-hydrogen) atoms. The van der Waals surface area contributed by atoms with Crippen LogP contribution in [-0.2, 0) is 19.3 Å². The summed E-state index contributed by atoms with van der Waals surface area (Å²) >= 11 is 5.40. The first-order chi connectivity index (χ1) is 10.2. The van der Waals surface area contributed by atoms with Crippen molar-refractivity contribution in [2.75, 3.05) is 5.32 Å². The molecule has 2 aromatic heterocycles. The smallest absolute Gasteiger partial charge is 0.148 e.